The fourth-order valence-corrected chi connectivity index (χ4v) is 3.03. The van der Waals surface area contributed by atoms with Gasteiger partial charge in [-0.05, 0) is 43.0 Å². The number of rotatable bonds is 7. The van der Waals surface area contributed by atoms with Crippen LogP contribution in [0.1, 0.15) is 24.3 Å². The summed E-state index contributed by atoms with van der Waals surface area (Å²) >= 11 is 1.55. The first-order chi connectivity index (χ1) is 11.9. The van der Waals surface area contributed by atoms with Gasteiger partial charge in [-0.25, -0.2) is 9.98 Å². The number of aliphatic imine (C=N–C) groups is 1. The summed E-state index contributed by atoms with van der Waals surface area (Å²) in [4.78, 5) is 11.8. The minimum Gasteiger partial charge on any atom is -0.383 e. The van der Waals surface area contributed by atoms with E-state index in [1.807, 2.05) is 62.5 Å². The number of hydrogen-bond acceptors (Lipinski definition) is 5. The minimum absolute atomic E-state index is 0. The van der Waals surface area contributed by atoms with Crippen molar-refractivity contribution in [2.45, 2.75) is 26.0 Å². The number of aliphatic hydroxyl groups is 1. The smallest absolute Gasteiger partial charge is 0.191 e. The average molecular weight is 489 g/mol. The van der Waals surface area contributed by atoms with Gasteiger partial charge in [-0.3, -0.25) is 0 Å². The van der Waals surface area contributed by atoms with E-state index in [0.717, 1.165) is 22.8 Å². The van der Waals surface area contributed by atoms with Crippen LogP contribution < -0.4 is 15.5 Å². The summed E-state index contributed by atoms with van der Waals surface area (Å²) in [5, 5.41) is 19.0. The second kappa shape index (κ2) is 10.7. The summed E-state index contributed by atoms with van der Waals surface area (Å²) in [7, 11) is 3.93. The lowest BCUT2D eigenvalue weighted by Gasteiger charge is -2.23. The SMILES string of the molecule is CCNC(=NCc1ccnc(N(C)C)c1)NCC(C)(O)c1cccs1.I. The molecule has 1 atom stereocenters. The average Bonchev–Trinajstić information content (AvgIpc) is 3.13. The first-order valence-corrected chi connectivity index (χ1v) is 9.21. The molecule has 0 radical (unpaired) electrons. The highest BCUT2D eigenvalue weighted by molar-refractivity contribution is 14.0. The van der Waals surface area contributed by atoms with Crippen molar-refractivity contribution in [3.05, 3.63) is 46.3 Å². The Balaban J connectivity index is 0.00000338. The molecule has 0 aliphatic rings. The molecule has 0 spiro atoms. The van der Waals surface area contributed by atoms with E-state index < -0.39 is 5.60 Å². The van der Waals surface area contributed by atoms with Crippen molar-refractivity contribution in [2.24, 2.45) is 4.99 Å². The number of thiophene rings is 1. The fourth-order valence-electron chi connectivity index (χ4n) is 2.24. The van der Waals surface area contributed by atoms with Crippen LogP contribution in [0, 0.1) is 0 Å². The largest absolute Gasteiger partial charge is 0.383 e. The molecular formula is C18H28IN5OS. The number of nitrogens with zero attached hydrogens (tertiary/aromatic N) is 3. The predicted octanol–water partition coefficient (Wildman–Crippen LogP) is 2.79. The number of hydrogen-bond donors (Lipinski definition) is 3. The van der Waals surface area contributed by atoms with Crippen molar-refractivity contribution in [1.82, 2.24) is 15.6 Å². The van der Waals surface area contributed by atoms with Crippen molar-refractivity contribution in [3.63, 3.8) is 0 Å². The molecular weight excluding hydrogens is 461 g/mol. The van der Waals surface area contributed by atoms with Crippen LogP contribution in [0.4, 0.5) is 5.82 Å². The standard InChI is InChI=1S/C18H27N5OS.HI/c1-5-19-17(22-13-18(2,24)15-7-6-10-25-15)21-12-14-8-9-20-16(11-14)23(3)4;/h6-11,24H,5,12-13H2,1-4H3,(H2,19,21,22);1H. The van der Waals surface area contributed by atoms with Crippen LogP contribution in [0.2, 0.25) is 0 Å². The number of aromatic nitrogens is 1. The zero-order valence-electron chi connectivity index (χ0n) is 15.7. The van der Waals surface area contributed by atoms with Gasteiger partial charge in [0.25, 0.3) is 0 Å². The Morgan fingerprint density at radius 1 is 1.35 bits per heavy atom. The van der Waals surface area contributed by atoms with E-state index >= 15 is 0 Å². The molecule has 2 aromatic heterocycles. The predicted molar refractivity (Wildman–Crippen MR) is 121 cm³/mol. The van der Waals surface area contributed by atoms with Gasteiger partial charge in [-0.1, -0.05) is 6.07 Å². The van der Waals surface area contributed by atoms with E-state index in [-0.39, 0.29) is 24.0 Å². The zero-order valence-corrected chi connectivity index (χ0v) is 18.8. The molecule has 1 unspecified atom stereocenters. The molecule has 6 nitrogen and oxygen atoms in total. The molecule has 2 heterocycles. The van der Waals surface area contributed by atoms with Crippen LogP contribution >= 0.6 is 35.3 Å². The third-order valence-corrected chi connectivity index (χ3v) is 4.81. The van der Waals surface area contributed by atoms with Gasteiger partial charge in [0.15, 0.2) is 5.96 Å². The third-order valence-electron chi connectivity index (χ3n) is 3.68. The molecule has 0 saturated carbocycles. The third kappa shape index (κ3) is 6.73. The molecule has 0 fully saturated rings. The maximum absolute atomic E-state index is 10.6. The number of pyridine rings is 1. The van der Waals surface area contributed by atoms with Crippen LogP contribution in [0.5, 0.6) is 0 Å². The number of anilines is 1. The molecule has 0 aromatic carbocycles. The lowest BCUT2D eigenvalue weighted by atomic mass is 10.1. The molecule has 0 aliphatic carbocycles. The van der Waals surface area contributed by atoms with E-state index in [9.17, 15) is 5.11 Å². The van der Waals surface area contributed by atoms with Crippen LogP contribution in [0.3, 0.4) is 0 Å². The summed E-state index contributed by atoms with van der Waals surface area (Å²) in [6.07, 6.45) is 1.79. The van der Waals surface area contributed by atoms with Crippen molar-refractivity contribution in [2.75, 3.05) is 32.1 Å². The zero-order chi connectivity index (χ0) is 18.3. The monoisotopic (exact) mass is 489 g/mol. The summed E-state index contributed by atoms with van der Waals surface area (Å²) in [5.41, 5.74) is 0.153. The van der Waals surface area contributed by atoms with Crippen LogP contribution in [0.15, 0.2) is 40.8 Å². The van der Waals surface area contributed by atoms with Crippen molar-refractivity contribution >= 4 is 47.1 Å². The maximum atomic E-state index is 10.6. The van der Waals surface area contributed by atoms with Crippen LogP contribution in [0.25, 0.3) is 0 Å². The van der Waals surface area contributed by atoms with Crippen LogP contribution in [-0.2, 0) is 12.1 Å². The summed E-state index contributed by atoms with van der Waals surface area (Å²) in [6, 6.07) is 7.87. The van der Waals surface area contributed by atoms with Gasteiger partial charge in [-0.2, -0.15) is 0 Å². The van der Waals surface area contributed by atoms with Gasteiger partial charge >= 0.3 is 0 Å². The van der Waals surface area contributed by atoms with Crippen molar-refractivity contribution < 1.29 is 5.11 Å². The van der Waals surface area contributed by atoms with Gasteiger partial charge in [0.2, 0.25) is 0 Å². The normalized spacial score (nSPS) is 13.5. The van der Waals surface area contributed by atoms with Crippen LogP contribution in [-0.4, -0.2) is 43.2 Å². The quantitative estimate of drug-likeness (QED) is 0.317. The van der Waals surface area contributed by atoms with Gasteiger partial charge in [0.1, 0.15) is 11.4 Å². The molecule has 26 heavy (non-hydrogen) atoms. The molecule has 2 aromatic rings. The second-order valence-electron chi connectivity index (χ2n) is 6.22. The van der Waals surface area contributed by atoms with Gasteiger partial charge < -0.3 is 20.6 Å². The van der Waals surface area contributed by atoms with Crippen molar-refractivity contribution in [3.8, 4) is 0 Å². The summed E-state index contributed by atoms with van der Waals surface area (Å²) < 4.78 is 0. The first-order valence-electron chi connectivity index (χ1n) is 8.33. The Morgan fingerprint density at radius 3 is 2.73 bits per heavy atom. The lowest BCUT2D eigenvalue weighted by molar-refractivity contribution is 0.0655. The Bertz CT molecular complexity index is 689. The summed E-state index contributed by atoms with van der Waals surface area (Å²) in [6.45, 7) is 5.51. The van der Waals surface area contributed by atoms with E-state index in [0.29, 0.717) is 19.0 Å². The number of halogens is 1. The molecule has 144 valence electrons. The highest BCUT2D eigenvalue weighted by Crippen LogP contribution is 2.24. The molecule has 0 bridgehead atoms. The number of nitrogens with one attached hydrogen (secondary N) is 2. The van der Waals surface area contributed by atoms with Gasteiger partial charge in [0.05, 0.1) is 13.1 Å². The number of guanidine groups is 1. The second-order valence-corrected chi connectivity index (χ2v) is 7.16. The summed E-state index contributed by atoms with van der Waals surface area (Å²) in [5.74, 6) is 1.59. The first kappa shape index (κ1) is 22.7. The molecule has 2 rings (SSSR count). The highest BCUT2D eigenvalue weighted by Gasteiger charge is 2.24. The molecule has 3 N–H and O–H groups in total. The highest BCUT2D eigenvalue weighted by atomic mass is 127. The fraction of sp³-hybridized carbons (Fsp3) is 0.444. The van der Waals surface area contributed by atoms with E-state index in [1.165, 1.54) is 0 Å². The Kier molecular flexibility index (Phi) is 9.31. The Labute approximate surface area is 176 Å². The van der Waals surface area contributed by atoms with E-state index in [4.69, 9.17) is 0 Å². The van der Waals surface area contributed by atoms with E-state index in [2.05, 4.69) is 20.6 Å². The van der Waals surface area contributed by atoms with Crippen molar-refractivity contribution in [1.29, 1.82) is 0 Å². The molecule has 0 amide bonds. The van der Waals surface area contributed by atoms with Gasteiger partial charge in [0, 0.05) is 31.7 Å². The van der Waals surface area contributed by atoms with E-state index in [1.54, 1.807) is 17.5 Å². The Morgan fingerprint density at radius 2 is 2.12 bits per heavy atom. The topological polar surface area (TPSA) is 72.8 Å². The maximum Gasteiger partial charge on any atom is 0.191 e. The lowest BCUT2D eigenvalue weighted by Crippen LogP contribution is -2.44. The van der Waals surface area contributed by atoms with Gasteiger partial charge in [-0.15, -0.1) is 35.3 Å². The molecule has 8 heteroatoms. The Hall–Kier alpha value is -1.39. The molecule has 0 saturated heterocycles. The molecule has 0 aliphatic heterocycles. The minimum atomic E-state index is -0.931.